The summed E-state index contributed by atoms with van der Waals surface area (Å²) in [5.41, 5.74) is 9.73. The molecule has 2 aliphatic rings. The fraction of sp³-hybridized carbons (Fsp3) is 0.611. The van der Waals surface area contributed by atoms with Gasteiger partial charge in [0.25, 0.3) is 0 Å². The molecule has 3 rings (SSSR count). The summed E-state index contributed by atoms with van der Waals surface area (Å²) < 4.78 is 5.94. The quantitative estimate of drug-likeness (QED) is 0.434. The van der Waals surface area contributed by atoms with Gasteiger partial charge >= 0.3 is 0 Å². The minimum absolute atomic E-state index is 0. The Labute approximate surface area is 156 Å². The van der Waals surface area contributed by atoms with Gasteiger partial charge in [0.2, 0.25) is 0 Å². The number of aryl methyl sites for hydroxylation is 2. The van der Waals surface area contributed by atoms with Crippen molar-refractivity contribution in [1.82, 2.24) is 0 Å². The van der Waals surface area contributed by atoms with Gasteiger partial charge in [-0.25, -0.2) is 0 Å². The van der Waals surface area contributed by atoms with E-state index in [2.05, 4.69) is 43.2 Å². The Morgan fingerprint density at radius 3 is 2.74 bits per heavy atom. The number of rotatable bonds is 4. The molecule has 3 N–H and O–H groups in total. The molecule has 4 nitrogen and oxygen atoms in total. The van der Waals surface area contributed by atoms with Crippen LogP contribution in [0.3, 0.4) is 0 Å². The molecule has 0 spiro atoms. The molecular formula is C18H28IN3O. The number of hydrogen-bond acceptors (Lipinski definition) is 2. The first-order valence-corrected chi connectivity index (χ1v) is 8.24. The molecule has 0 bridgehead atoms. The van der Waals surface area contributed by atoms with E-state index in [1.165, 1.54) is 24.0 Å². The number of halogens is 1. The van der Waals surface area contributed by atoms with Gasteiger partial charge in [-0.05, 0) is 62.3 Å². The predicted octanol–water partition coefficient (Wildman–Crippen LogP) is 3.85. The number of anilines is 1. The predicted molar refractivity (Wildman–Crippen MR) is 107 cm³/mol. The molecule has 23 heavy (non-hydrogen) atoms. The van der Waals surface area contributed by atoms with Gasteiger partial charge in [-0.15, -0.1) is 24.0 Å². The van der Waals surface area contributed by atoms with Gasteiger partial charge in [-0.1, -0.05) is 13.0 Å². The minimum Gasteiger partial charge on any atom is -0.377 e. The zero-order chi connectivity index (χ0) is 15.7. The Balaban J connectivity index is 0.00000192. The lowest BCUT2D eigenvalue weighted by atomic mass is 9.81. The number of nitrogens with two attached hydrogens (primary N) is 1. The molecule has 0 radical (unpaired) electrons. The van der Waals surface area contributed by atoms with Crippen molar-refractivity contribution in [3.05, 3.63) is 29.3 Å². The van der Waals surface area contributed by atoms with Crippen LogP contribution in [-0.2, 0) is 4.74 Å². The monoisotopic (exact) mass is 429 g/mol. The van der Waals surface area contributed by atoms with E-state index in [1.54, 1.807) is 0 Å². The second-order valence-electron chi connectivity index (χ2n) is 7.16. The first kappa shape index (κ1) is 18.5. The van der Waals surface area contributed by atoms with Crippen molar-refractivity contribution in [2.45, 2.75) is 46.1 Å². The van der Waals surface area contributed by atoms with Crippen molar-refractivity contribution in [3.63, 3.8) is 0 Å². The van der Waals surface area contributed by atoms with E-state index < -0.39 is 0 Å². The average Bonchev–Trinajstić information content (AvgIpc) is 3.24. The summed E-state index contributed by atoms with van der Waals surface area (Å²) in [6.07, 6.45) is 4.06. The van der Waals surface area contributed by atoms with Crippen LogP contribution >= 0.6 is 24.0 Å². The van der Waals surface area contributed by atoms with Crippen LogP contribution in [0.5, 0.6) is 0 Å². The lowest BCUT2D eigenvalue weighted by Gasteiger charge is -2.28. The smallest absolute Gasteiger partial charge is 0.193 e. The van der Waals surface area contributed by atoms with Crippen molar-refractivity contribution >= 4 is 35.6 Å². The van der Waals surface area contributed by atoms with Crippen molar-refractivity contribution < 1.29 is 4.74 Å². The molecule has 2 atom stereocenters. The summed E-state index contributed by atoms with van der Waals surface area (Å²) in [6.45, 7) is 8.09. The molecule has 1 saturated carbocycles. The van der Waals surface area contributed by atoms with Crippen molar-refractivity contribution in [3.8, 4) is 0 Å². The molecule has 2 fully saturated rings. The molecule has 1 aromatic carbocycles. The van der Waals surface area contributed by atoms with Gasteiger partial charge in [-0.2, -0.15) is 0 Å². The highest BCUT2D eigenvalue weighted by Gasteiger charge is 2.47. The normalized spacial score (nSPS) is 27.6. The van der Waals surface area contributed by atoms with Crippen LogP contribution in [0.2, 0.25) is 0 Å². The fourth-order valence-corrected chi connectivity index (χ4v) is 3.31. The summed E-state index contributed by atoms with van der Waals surface area (Å²) in [5.74, 6) is 1.24. The van der Waals surface area contributed by atoms with Crippen LogP contribution < -0.4 is 11.1 Å². The summed E-state index contributed by atoms with van der Waals surface area (Å²) in [7, 11) is 0. The Bertz CT molecular complexity index is 586. The topological polar surface area (TPSA) is 59.6 Å². The summed E-state index contributed by atoms with van der Waals surface area (Å²) >= 11 is 0. The number of guanidine groups is 1. The SMILES string of the molecule is Cc1ccc(NC(N)=NCC2(C)CCOC2C2CC2)cc1C.I. The van der Waals surface area contributed by atoms with Gasteiger partial charge in [0.1, 0.15) is 0 Å². The maximum absolute atomic E-state index is 6.07. The van der Waals surface area contributed by atoms with Crippen LogP contribution in [-0.4, -0.2) is 25.2 Å². The first-order chi connectivity index (χ1) is 10.5. The molecule has 5 heteroatoms. The lowest BCUT2D eigenvalue weighted by Crippen LogP contribution is -2.34. The molecule has 0 amide bonds. The Morgan fingerprint density at radius 1 is 1.35 bits per heavy atom. The Kier molecular flexibility index (Phi) is 5.94. The number of benzene rings is 1. The van der Waals surface area contributed by atoms with Crippen molar-refractivity contribution in [2.24, 2.45) is 22.1 Å². The maximum Gasteiger partial charge on any atom is 0.193 e. The third-order valence-electron chi connectivity index (χ3n) is 5.10. The second kappa shape index (κ2) is 7.38. The van der Waals surface area contributed by atoms with Crippen LogP contribution in [0.15, 0.2) is 23.2 Å². The zero-order valence-electron chi connectivity index (χ0n) is 14.3. The van der Waals surface area contributed by atoms with E-state index in [0.717, 1.165) is 31.2 Å². The van der Waals surface area contributed by atoms with Gasteiger partial charge < -0.3 is 15.8 Å². The molecular weight excluding hydrogens is 401 g/mol. The fourth-order valence-electron chi connectivity index (χ4n) is 3.31. The Morgan fingerprint density at radius 2 is 2.09 bits per heavy atom. The number of nitrogens with zero attached hydrogens (tertiary/aromatic N) is 1. The van der Waals surface area contributed by atoms with E-state index in [9.17, 15) is 0 Å². The van der Waals surface area contributed by atoms with E-state index in [0.29, 0.717) is 12.1 Å². The summed E-state index contributed by atoms with van der Waals surface area (Å²) in [4.78, 5) is 4.59. The molecule has 128 valence electrons. The van der Waals surface area contributed by atoms with Gasteiger partial charge in [0, 0.05) is 17.7 Å². The highest BCUT2D eigenvalue weighted by Crippen LogP contribution is 2.47. The number of aliphatic imine (C=N–C) groups is 1. The third-order valence-corrected chi connectivity index (χ3v) is 5.10. The van der Waals surface area contributed by atoms with Crippen molar-refractivity contribution in [1.29, 1.82) is 0 Å². The van der Waals surface area contributed by atoms with Crippen LogP contribution in [0.25, 0.3) is 0 Å². The van der Waals surface area contributed by atoms with Gasteiger partial charge in [0.15, 0.2) is 5.96 Å². The molecule has 1 aliphatic carbocycles. The average molecular weight is 429 g/mol. The van der Waals surface area contributed by atoms with E-state index in [-0.39, 0.29) is 29.4 Å². The van der Waals surface area contributed by atoms with Crippen LogP contribution in [0.1, 0.15) is 37.3 Å². The highest BCUT2D eigenvalue weighted by molar-refractivity contribution is 14.0. The number of hydrogen-bond donors (Lipinski definition) is 2. The Hall–Kier alpha value is -0.820. The molecule has 0 aromatic heterocycles. The van der Waals surface area contributed by atoms with E-state index >= 15 is 0 Å². The second-order valence-corrected chi connectivity index (χ2v) is 7.16. The first-order valence-electron chi connectivity index (χ1n) is 8.24. The molecule has 1 heterocycles. The molecule has 1 saturated heterocycles. The van der Waals surface area contributed by atoms with Gasteiger partial charge in [-0.3, -0.25) is 4.99 Å². The third kappa shape index (κ3) is 4.38. The minimum atomic E-state index is 0. The van der Waals surface area contributed by atoms with E-state index in [4.69, 9.17) is 10.5 Å². The lowest BCUT2D eigenvalue weighted by molar-refractivity contribution is 0.0425. The zero-order valence-corrected chi connectivity index (χ0v) is 16.6. The number of nitrogens with one attached hydrogen (secondary N) is 1. The van der Waals surface area contributed by atoms with Crippen LogP contribution in [0, 0.1) is 25.2 Å². The largest absolute Gasteiger partial charge is 0.377 e. The molecule has 1 aliphatic heterocycles. The number of ether oxygens (including phenoxy) is 1. The maximum atomic E-state index is 6.07. The van der Waals surface area contributed by atoms with Crippen molar-refractivity contribution in [2.75, 3.05) is 18.5 Å². The standard InChI is InChI=1S/C18H27N3O.HI/c1-12-4-7-15(10-13(12)2)21-17(19)20-11-18(3)8-9-22-16(18)14-5-6-14;/h4,7,10,14,16H,5-6,8-9,11H2,1-3H3,(H3,19,20,21);1H. The summed E-state index contributed by atoms with van der Waals surface area (Å²) in [5, 5.41) is 3.20. The summed E-state index contributed by atoms with van der Waals surface area (Å²) in [6, 6.07) is 6.24. The van der Waals surface area contributed by atoms with Gasteiger partial charge in [0.05, 0.1) is 12.6 Å². The highest BCUT2D eigenvalue weighted by atomic mass is 127. The molecule has 2 unspecified atom stereocenters. The van der Waals surface area contributed by atoms with E-state index in [1.807, 2.05) is 6.07 Å². The van der Waals surface area contributed by atoms with Crippen LogP contribution in [0.4, 0.5) is 5.69 Å². The molecule has 1 aromatic rings.